The highest BCUT2D eigenvalue weighted by Crippen LogP contribution is 2.18. The van der Waals surface area contributed by atoms with Crippen LogP contribution < -0.4 is 15.4 Å². The lowest BCUT2D eigenvalue weighted by molar-refractivity contribution is 0.236. The van der Waals surface area contributed by atoms with Gasteiger partial charge in [0.1, 0.15) is 12.4 Å². The van der Waals surface area contributed by atoms with E-state index in [9.17, 15) is 4.79 Å². The van der Waals surface area contributed by atoms with Crippen LogP contribution in [-0.4, -0.2) is 30.7 Å². The molecule has 1 aromatic heterocycles. The Morgan fingerprint density at radius 3 is 2.74 bits per heavy atom. The number of aryl methyl sites for hydroxylation is 2. The van der Waals surface area contributed by atoms with E-state index in [0.29, 0.717) is 19.7 Å². The van der Waals surface area contributed by atoms with Crippen LogP contribution in [0.3, 0.4) is 0 Å². The third kappa shape index (κ3) is 5.98. The zero-order valence-corrected chi connectivity index (χ0v) is 13.6. The Hall–Kier alpha value is -2.56. The van der Waals surface area contributed by atoms with E-state index in [1.807, 2.05) is 38.1 Å². The van der Waals surface area contributed by atoms with Gasteiger partial charge in [0.15, 0.2) is 0 Å². The Balaban J connectivity index is 1.59. The average molecular weight is 313 g/mol. The van der Waals surface area contributed by atoms with Crippen LogP contribution in [0, 0.1) is 13.8 Å². The number of pyridine rings is 1. The number of benzene rings is 1. The smallest absolute Gasteiger partial charge is 0.314 e. The first-order valence-corrected chi connectivity index (χ1v) is 7.76. The van der Waals surface area contributed by atoms with Gasteiger partial charge in [-0.25, -0.2) is 4.79 Å². The van der Waals surface area contributed by atoms with Gasteiger partial charge in [0, 0.05) is 18.9 Å². The molecule has 2 amide bonds. The van der Waals surface area contributed by atoms with Crippen molar-refractivity contribution in [3.63, 3.8) is 0 Å². The zero-order valence-electron chi connectivity index (χ0n) is 13.6. The number of nitrogens with zero attached hydrogens (tertiary/aromatic N) is 1. The third-order valence-corrected chi connectivity index (χ3v) is 3.40. The van der Waals surface area contributed by atoms with Crippen LogP contribution in [0.2, 0.25) is 0 Å². The Labute approximate surface area is 137 Å². The van der Waals surface area contributed by atoms with E-state index in [1.165, 1.54) is 5.56 Å². The van der Waals surface area contributed by atoms with Gasteiger partial charge >= 0.3 is 6.03 Å². The molecule has 0 spiro atoms. The van der Waals surface area contributed by atoms with E-state index >= 15 is 0 Å². The molecular weight excluding hydrogens is 290 g/mol. The van der Waals surface area contributed by atoms with Crippen molar-refractivity contribution in [3.05, 3.63) is 59.4 Å². The van der Waals surface area contributed by atoms with Crippen molar-refractivity contribution in [2.24, 2.45) is 0 Å². The summed E-state index contributed by atoms with van der Waals surface area (Å²) < 4.78 is 5.67. The minimum atomic E-state index is -0.182. The highest BCUT2D eigenvalue weighted by molar-refractivity contribution is 5.73. The molecular formula is C18H23N3O2. The van der Waals surface area contributed by atoms with Gasteiger partial charge in [-0.1, -0.05) is 23.8 Å². The molecule has 0 radical (unpaired) electrons. The molecule has 0 atom stereocenters. The Morgan fingerprint density at radius 2 is 2.00 bits per heavy atom. The molecule has 0 unspecified atom stereocenters. The SMILES string of the molecule is Cc1ccc(OCCNC(=O)NCCc2cccnc2)c(C)c1. The Morgan fingerprint density at radius 1 is 1.17 bits per heavy atom. The predicted octanol–water partition coefficient (Wildman–Crippen LogP) is 2.62. The Bertz CT molecular complexity index is 629. The molecule has 5 nitrogen and oxygen atoms in total. The van der Waals surface area contributed by atoms with Gasteiger partial charge in [0.2, 0.25) is 0 Å². The van der Waals surface area contributed by atoms with Gasteiger partial charge in [0.25, 0.3) is 0 Å². The molecule has 23 heavy (non-hydrogen) atoms. The number of amides is 2. The summed E-state index contributed by atoms with van der Waals surface area (Å²) in [7, 11) is 0. The number of aromatic nitrogens is 1. The standard InChI is InChI=1S/C18H23N3O2/c1-14-5-6-17(15(2)12-14)23-11-10-21-18(22)20-9-7-16-4-3-8-19-13-16/h3-6,8,12-13H,7,9-11H2,1-2H3,(H2,20,21,22). The van der Waals surface area contributed by atoms with Crippen LogP contribution in [0.4, 0.5) is 4.79 Å². The molecule has 0 saturated carbocycles. The van der Waals surface area contributed by atoms with E-state index in [-0.39, 0.29) is 6.03 Å². The number of carbonyl (C=O) groups is 1. The lowest BCUT2D eigenvalue weighted by Crippen LogP contribution is -2.38. The number of carbonyl (C=O) groups excluding carboxylic acids is 1. The number of ether oxygens (including phenoxy) is 1. The molecule has 0 aliphatic carbocycles. The molecule has 0 aliphatic rings. The topological polar surface area (TPSA) is 63.2 Å². The molecule has 0 aliphatic heterocycles. The minimum absolute atomic E-state index is 0.182. The Kier molecular flexibility index (Phi) is 6.41. The second-order valence-corrected chi connectivity index (χ2v) is 5.41. The maximum atomic E-state index is 11.7. The maximum Gasteiger partial charge on any atom is 0.314 e. The molecule has 2 N–H and O–H groups in total. The fourth-order valence-corrected chi connectivity index (χ4v) is 2.22. The second-order valence-electron chi connectivity index (χ2n) is 5.41. The van der Waals surface area contributed by atoms with Crippen molar-refractivity contribution >= 4 is 6.03 Å². The van der Waals surface area contributed by atoms with Crippen molar-refractivity contribution in [3.8, 4) is 5.75 Å². The lowest BCUT2D eigenvalue weighted by atomic mass is 10.1. The summed E-state index contributed by atoms with van der Waals surface area (Å²) in [6, 6.07) is 9.75. The summed E-state index contributed by atoms with van der Waals surface area (Å²) >= 11 is 0. The molecule has 1 aromatic carbocycles. The van der Waals surface area contributed by atoms with Crippen molar-refractivity contribution in [2.75, 3.05) is 19.7 Å². The van der Waals surface area contributed by atoms with Gasteiger partial charge in [-0.3, -0.25) is 4.98 Å². The molecule has 0 bridgehead atoms. The van der Waals surface area contributed by atoms with Crippen molar-refractivity contribution < 1.29 is 9.53 Å². The van der Waals surface area contributed by atoms with Gasteiger partial charge < -0.3 is 15.4 Å². The summed E-state index contributed by atoms with van der Waals surface area (Å²) in [5.41, 5.74) is 3.41. The highest BCUT2D eigenvalue weighted by Gasteiger charge is 2.02. The lowest BCUT2D eigenvalue weighted by Gasteiger charge is -2.11. The van der Waals surface area contributed by atoms with Crippen molar-refractivity contribution in [1.82, 2.24) is 15.6 Å². The number of hydrogen-bond acceptors (Lipinski definition) is 3. The molecule has 2 aromatic rings. The van der Waals surface area contributed by atoms with Crippen LogP contribution in [-0.2, 0) is 6.42 Å². The molecule has 5 heteroatoms. The summed E-state index contributed by atoms with van der Waals surface area (Å²) in [5.74, 6) is 0.856. The van der Waals surface area contributed by atoms with Gasteiger partial charge in [0.05, 0.1) is 6.54 Å². The van der Waals surface area contributed by atoms with Crippen LogP contribution in [0.5, 0.6) is 5.75 Å². The van der Waals surface area contributed by atoms with E-state index in [4.69, 9.17) is 4.74 Å². The third-order valence-electron chi connectivity index (χ3n) is 3.40. The van der Waals surface area contributed by atoms with Crippen LogP contribution in [0.25, 0.3) is 0 Å². The van der Waals surface area contributed by atoms with Crippen LogP contribution in [0.1, 0.15) is 16.7 Å². The number of urea groups is 1. The second kappa shape index (κ2) is 8.78. The molecule has 122 valence electrons. The number of rotatable bonds is 7. The first-order valence-electron chi connectivity index (χ1n) is 7.76. The van der Waals surface area contributed by atoms with Gasteiger partial charge in [-0.05, 0) is 43.5 Å². The summed E-state index contributed by atoms with van der Waals surface area (Å²) in [6.45, 7) is 5.55. The van der Waals surface area contributed by atoms with Crippen molar-refractivity contribution in [2.45, 2.75) is 20.3 Å². The normalized spacial score (nSPS) is 10.2. The van der Waals surface area contributed by atoms with Crippen molar-refractivity contribution in [1.29, 1.82) is 0 Å². The average Bonchev–Trinajstić information content (AvgIpc) is 2.54. The first kappa shape index (κ1) is 16.8. The number of nitrogens with one attached hydrogen (secondary N) is 2. The summed E-state index contributed by atoms with van der Waals surface area (Å²) in [6.07, 6.45) is 4.30. The van der Waals surface area contributed by atoms with E-state index < -0.39 is 0 Å². The highest BCUT2D eigenvalue weighted by atomic mass is 16.5. The van der Waals surface area contributed by atoms with Crippen LogP contribution in [0.15, 0.2) is 42.7 Å². The van der Waals surface area contributed by atoms with E-state index in [0.717, 1.165) is 23.3 Å². The van der Waals surface area contributed by atoms with Crippen LogP contribution >= 0.6 is 0 Å². The summed E-state index contributed by atoms with van der Waals surface area (Å²) in [5, 5.41) is 5.59. The molecule has 1 heterocycles. The predicted molar refractivity (Wildman–Crippen MR) is 90.8 cm³/mol. The minimum Gasteiger partial charge on any atom is -0.491 e. The van der Waals surface area contributed by atoms with E-state index in [2.05, 4.69) is 21.7 Å². The molecule has 0 fully saturated rings. The van der Waals surface area contributed by atoms with E-state index in [1.54, 1.807) is 12.4 Å². The summed E-state index contributed by atoms with van der Waals surface area (Å²) in [4.78, 5) is 15.7. The zero-order chi connectivity index (χ0) is 16.5. The number of hydrogen-bond donors (Lipinski definition) is 2. The van der Waals surface area contributed by atoms with Gasteiger partial charge in [-0.2, -0.15) is 0 Å². The maximum absolute atomic E-state index is 11.7. The fourth-order valence-electron chi connectivity index (χ4n) is 2.22. The molecule has 0 saturated heterocycles. The largest absolute Gasteiger partial charge is 0.491 e. The molecule has 2 rings (SSSR count). The quantitative estimate of drug-likeness (QED) is 0.772. The fraction of sp³-hybridized carbons (Fsp3) is 0.333. The first-order chi connectivity index (χ1) is 11.1. The van der Waals surface area contributed by atoms with Gasteiger partial charge in [-0.15, -0.1) is 0 Å². The monoisotopic (exact) mass is 313 g/mol.